The fourth-order valence-corrected chi connectivity index (χ4v) is 1.40. The van der Waals surface area contributed by atoms with Gasteiger partial charge in [0.05, 0.1) is 6.42 Å². The van der Waals surface area contributed by atoms with E-state index in [1.807, 2.05) is 0 Å². The van der Waals surface area contributed by atoms with Gasteiger partial charge in [-0.1, -0.05) is 6.92 Å². The Morgan fingerprint density at radius 2 is 2.13 bits per heavy atom. The summed E-state index contributed by atoms with van der Waals surface area (Å²) in [6, 6.07) is -0.509. The van der Waals surface area contributed by atoms with Crippen molar-refractivity contribution in [2.24, 2.45) is 0 Å². The maximum Gasteiger partial charge on any atom is 0.325 e. The number of imide groups is 1. The van der Waals surface area contributed by atoms with Crippen LogP contribution in [-0.2, 0) is 9.59 Å². The number of hydrogen-bond donors (Lipinski definition) is 2. The van der Waals surface area contributed by atoms with Crippen LogP contribution in [0.3, 0.4) is 0 Å². The van der Waals surface area contributed by atoms with E-state index in [9.17, 15) is 14.4 Å². The van der Waals surface area contributed by atoms with Crippen molar-refractivity contribution in [2.45, 2.75) is 32.2 Å². The van der Waals surface area contributed by atoms with E-state index >= 15 is 0 Å². The van der Waals surface area contributed by atoms with Gasteiger partial charge < -0.3 is 10.4 Å². The Morgan fingerprint density at radius 1 is 1.53 bits per heavy atom. The molecule has 1 fully saturated rings. The van der Waals surface area contributed by atoms with E-state index in [0.717, 1.165) is 4.90 Å². The molecule has 0 aromatic heterocycles. The van der Waals surface area contributed by atoms with Gasteiger partial charge in [0, 0.05) is 6.54 Å². The number of carbonyl (C=O) groups excluding carboxylic acids is 2. The first kappa shape index (κ1) is 11.5. The lowest BCUT2D eigenvalue weighted by molar-refractivity contribution is -0.137. The van der Waals surface area contributed by atoms with Gasteiger partial charge in [-0.2, -0.15) is 0 Å². The van der Waals surface area contributed by atoms with Crippen molar-refractivity contribution in [3.63, 3.8) is 0 Å². The summed E-state index contributed by atoms with van der Waals surface area (Å²) in [6.45, 7) is 3.35. The molecule has 6 heteroatoms. The Balaban J connectivity index is 2.71. The van der Waals surface area contributed by atoms with Gasteiger partial charge >= 0.3 is 12.0 Å². The predicted octanol–water partition coefficient (Wildman–Crippen LogP) is 0.182. The highest BCUT2D eigenvalue weighted by Crippen LogP contribution is 2.20. The van der Waals surface area contributed by atoms with E-state index in [2.05, 4.69) is 5.32 Å². The monoisotopic (exact) mass is 214 g/mol. The third-order valence-electron chi connectivity index (χ3n) is 2.60. The number of carbonyl (C=O) groups is 3. The van der Waals surface area contributed by atoms with Crippen LogP contribution in [0.5, 0.6) is 0 Å². The second-order valence-corrected chi connectivity index (χ2v) is 3.72. The molecule has 0 saturated carbocycles. The Labute approximate surface area is 87.2 Å². The van der Waals surface area contributed by atoms with Crippen LogP contribution >= 0.6 is 0 Å². The van der Waals surface area contributed by atoms with E-state index in [0.29, 0.717) is 6.42 Å². The maximum absolute atomic E-state index is 11.7. The third kappa shape index (κ3) is 2.08. The number of rotatable bonds is 4. The van der Waals surface area contributed by atoms with Gasteiger partial charge in [0.2, 0.25) is 0 Å². The van der Waals surface area contributed by atoms with Crippen LogP contribution in [0.1, 0.15) is 26.7 Å². The molecule has 3 amide bonds. The minimum atomic E-state index is -1.03. The molecular weight excluding hydrogens is 200 g/mol. The summed E-state index contributed by atoms with van der Waals surface area (Å²) in [6.07, 6.45) is 0.264. The number of amides is 3. The summed E-state index contributed by atoms with van der Waals surface area (Å²) in [7, 11) is 0. The smallest absolute Gasteiger partial charge is 0.325 e. The van der Waals surface area contributed by atoms with E-state index < -0.39 is 17.5 Å². The van der Waals surface area contributed by atoms with Crippen LogP contribution < -0.4 is 5.32 Å². The Bertz CT molecular complexity index is 315. The molecule has 0 radical (unpaired) electrons. The van der Waals surface area contributed by atoms with E-state index in [-0.39, 0.29) is 18.9 Å². The zero-order valence-corrected chi connectivity index (χ0v) is 8.74. The SMILES string of the molecule is CCC1(C)NC(=O)N(CCC(=O)O)C1=O. The highest BCUT2D eigenvalue weighted by molar-refractivity contribution is 6.06. The van der Waals surface area contributed by atoms with Crippen molar-refractivity contribution in [1.29, 1.82) is 0 Å². The van der Waals surface area contributed by atoms with Gasteiger partial charge in [-0.05, 0) is 13.3 Å². The predicted molar refractivity (Wildman–Crippen MR) is 51.2 cm³/mol. The normalized spacial score (nSPS) is 25.6. The van der Waals surface area contributed by atoms with Gasteiger partial charge in [0.1, 0.15) is 5.54 Å². The highest BCUT2D eigenvalue weighted by Gasteiger charge is 2.46. The van der Waals surface area contributed by atoms with Crippen LogP contribution in [0.4, 0.5) is 4.79 Å². The standard InChI is InChI=1S/C9H14N2O4/c1-3-9(2)7(14)11(8(15)10-9)5-4-6(12)13/h3-5H2,1-2H3,(H,10,15)(H,12,13). The van der Waals surface area contributed by atoms with Crippen molar-refractivity contribution < 1.29 is 19.5 Å². The molecule has 1 aliphatic heterocycles. The third-order valence-corrected chi connectivity index (χ3v) is 2.60. The minimum absolute atomic E-state index is 0.0738. The van der Waals surface area contributed by atoms with Gasteiger partial charge in [0.25, 0.3) is 5.91 Å². The van der Waals surface area contributed by atoms with Gasteiger partial charge in [-0.25, -0.2) is 4.79 Å². The second-order valence-electron chi connectivity index (χ2n) is 3.72. The molecule has 0 aromatic carbocycles. The number of nitrogens with zero attached hydrogens (tertiary/aromatic N) is 1. The van der Waals surface area contributed by atoms with Crippen molar-refractivity contribution in [2.75, 3.05) is 6.54 Å². The lowest BCUT2D eigenvalue weighted by Crippen LogP contribution is -2.43. The van der Waals surface area contributed by atoms with Gasteiger partial charge in [0.15, 0.2) is 0 Å². The number of urea groups is 1. The second kappa shape index (κ2) is 3.88. The largest absolute Gasteiger partial charge is 0.481 e. The first-order valence-electron chi connectivity index (χ1n) is 4.76. The molecule has 1 heterocycles. The molecule has 1 aliphatic rings. The van der Waals surface area contributed by atoms with E-state index in [1.54, 1.807) is 13.8 Å². The number of hydrogen-bond acceptors (Lipinski definition) is 3. The summed E-state index contributed by atoms with van der Waals surface area (Å²) in [5.74, 6) is -1.38. The fraction of sp³-hybridized carbons (Fsp3) is 0.667. The van der Waals surface area contributed by atoms with E-state index in [4.69, 9.17) is 5.11 Å². The molecule has 0 aromatic rings. The average molecular weight is 214 g/mol. The molecule has 1 saturated heterocycles. The number of carboxylic acids is 1. The maximum atomic E-state index is 11.7. The molecule has 1 rings (SSSR count). The average Bonchev–Trinajstić information content (AvgIpc) is 2.37. The van der Waals surface area contributed by atoms with Crippen LogP contribution in [0, 0.1) is 0 Å². The topological polar surface area (TPSA) is 86.7 Å². The minimum Gasteiger partial charge on any atom is -0.481 e. The van der Waals surface area contributed by atoms with Crippen LogP contribution in [0.2, 0.25) is 0 Å². The van der Waals surface area contributed by atoms with Gasteiger partial charge in [-0.15, -0.1) is 0 Å². The number of aliphatic carboxylic acids is 1. The van der Waals surface area contributed by atoms with Crippen molar-refractivity contribution in [3.05, 3.63) is 0 Å². The Hall–Kier alpha value is -1.59. The summed E-state index contributed by atoms with van der Waals surface area (Å²) in [4.78, 5) is 34.4. The molecule has 6 nitrogen and oxygen atoms in total. The molecule has 84 valence electrons. The van der Waals surface area contributed by atoms with Crippen LogP contribution in [0.15, 0.2) is 0 Å². The number of carboxylic acid groups (broad SMARTS) is 1. The Kier molecular flexibility index (Phi) is 2.97. The molecule has 0 bridgehead atoms. The molecule has 0 aliphatic carbocycles. The highest BCUT2D eigenvalue weighted by atomic mass is 16.4. The quantitative estimate of drug-likeness (QED) is 0.653. The first-order valence-corrected chi connectivity index (χ1v) is 4.76. The van der Waals surface area contributed by atoms with E-state index in [1.165, 1.54) is 0 Å². The fourth-order valence-electron chi connectivity index (χ4n) is 1.40. The lowest BCUT2D eigenvalue weighted by Gasteiger charge is -2.18. The molecule has 0 spiro atoms. The van der Waals surface area contributed by atoms with Crippen molar-refractivity contribution in [1.82, 2.24) is 10.2 Å². The van der Waals surface area contributed by atoms with Crippen LogP contribution in [0.25, 0.3) is 0 Å². The molecule has 2 N–H and O–H groups in total. The summed E-state index contributed by atoms with van der Waals surface area (Å²) < 4.78 is 0. The zero-order chi connectivity index (χ0) is 11.6. The van der Waals surface area contributed by atoms with Crippen molar-refractivity contribution in [3.8, 4) is 0 Å². The molecule has 1 atom stereocenters. The molecule has 1 unspecified atom stereocenters. The number of nitrogens with one attached hydrogen (secondary N) is 1. The summed E-state index contributed by atoms with van der Waals surface area (Å²) >= 11 is 0. The van der Waals surface area contributed by atoms with Crippen molar-refractivity contribution >= 4 is 17.9 Å². The molecular formula is C9H14N2O4. The van der Waals surface area contributed by atoms with Gasteiger partial charge in [-0.3, -0.25) is 14.5 Å². The lowest BCUT2D eigenvalue weighted by atomic mass is 9.99. The van der Waals surface area contributed by atoms with Crippen LogP contribution in [-0.4, -0.2) is 40.0 Å². The zero-order valence-electron chi connectivity index (χ0n) is 8.74. The summed E-state index contributed by atoms with van der Waals surface area (Å²) in [5.41, 5.74) is -0.879. The molecule has 15 heavy (non-hydrogen) atoms. The first-order chi connectivity index (χ1) is 6.90. The Morgan fingerprint density at radius 3 is 2.53 bits per heavy atom. The summed E-state index contributed by atoms with van der Waals surface area (Å²) in [5, 5.41) is 11.0.